The molecule has 0 aliphatic carbocycles. The van der Waals surface area contributed by atoms with Crippen molar-refractivity contribution in [2.24, 2.45) is 18.7 Å². The fourth-order valence-corrected chi connectivity index (χ4v) is 4.86. The largest absolute Gasteiger partial charge is 0.496 e. The van der Waals surface area contributed by atoms with Gasteiger partial charge in [-0.05, 0) is 110 Å². The molecular formula is C40H69ClN6O4. The van der Waals surface area contributed by atoms with E-state index >= 15 is 0 Å². The van der Waals surface area contributed by atoms with Crippen molar-refractivity contribution in [1.29, 1.82) is 0 Å². The molecule has 1 aromatic carbocycles. The van der Waals surface area contributed by atoms with Crippen LogP contribution in [0, 0.1) is 25.7 Å². The van der Waals surface area contributed by atoms with Crippen LogP contribution >= 0.6 is 11.6 Å². The number of carbonyl (C=O) groups is 2. The molecule has 3 N–H and O–H groups in total. The number of likely N-dealkylation sites (tertiary alicyclic amines) is 1. The first-order valence-electron chi connectivity index (χ1n) is 17.5. The van der Waals surface area contributed by atoms with Crippen LogP contribution in [0.15, 0.2) is 54.6 Å². The van der Waals surface area contributed by atoms with Crippen molar-refractivity contribution >= 4 is 24.5 Å². The third kappa shape index (κ3) is 28.6. The van der Waals surface area contributed by atoms with Crippen LogP contribution in [-0.2, 0) is 23.0 Å². The zero-order valence-electron chi connectivity index (χ0n) is 33.5. The highest BCUT2D eigenvalue weighted by atomic mass is 35.5. The molecular weight excluding hydrogens is 664 g/mol. The molecule has 0 spiro atoms. The number of benzene rings is 1. The Hall–Kier alpha value is -3.78. The van der Waals surface area contributed by atoms with E-state index < -0.39 is 0 Å². The first-order chi connectivity index (χ1) is 24.2. The second-order valence-electron chi connectivity index (χ2n) is 12.8. The Balaban J connectivity index is -0.000000599. The number of amides is 1. The zero-order valence-corrected chi connectivity index (χ0v) is 34.3. The minimum Gasteiger partial charge on any atom is -0.496 e. The van der Waals surface area contributed by atoms with Gasteiger partial charge in [-0.2, -0.15) is 0 Å². The summed E-state index contributed by atoms with van der Waals surface area (Å²) in [7, 11) is 5.82. The number of methoxy groups -OCH3 is 1. The van der Waals surface area contributed by atoms with Crippen LogP contribution in [-0.4, -0.2) is 91.3 Å². The van der Waals surface area contributed by atoms with E-state index in [2.05, 4.69) is 48.9 Å². The molecule has 2 aliphatic heterocycles. The van der Waals surface area contributed by atoms with E-state index in [4.69, 9.17) is 31.6 Å². The van der Waals surface area contributed by atoms with Gasteiger partial charge in [-0.1, -0.05) is 50.1 Å². The highest BCUT2D eigenvalue weighted by Crippen LogP contribution is 2.25. The van der Waals surface area contributed by atoms with E-state index in [1.165, 1.54) is 43.3 Å². The standard InChI is InChI=1S/C14H18ClNO.C9H18N2O2.C7H15N.C5H8N2.C2H6.C2H2.CH2O/c1-11(4-3-9-16)5-6-12-7-8-13(15)10-14(12)17-2;1-9(2,3)13-8(12)11-6-4-10-5-7-11;1-7-4-3-5-8(2)6-7;1-5-3-7(2)4-6-5;3*1-2/h3-4,7-10H,5-6,16H2,1-2H3;10H,4-7H2,1-3H3;7H,3-6H2,1-2H3;3-4H,1-2H3;1-2H3;1-2H;1H2/b9-3-,11-4-;;;;;;/t;;7-;;;;/m..1..../s1. The van der Waals surface area contributed by atoms with E-state index in [-0.39, 0.29) is 11.7 Å². The lowest BCUT2D eigenvalue weighted by Gasteiger charge is -2.30. The molecule has 1 atom stereocenters. The highest BCUT2D eigenvalue weighted by Gasteiger charge is 2.22. The van der Waals surface area contributed by atoms with Crippen LogP contribution < -0.4 is 15.8 Å². The third-order valence-corrected chi connectivity index (χ3v) is 7.23. The summed E-state index contributed by atoms with van der Waals surface area (Å²) in [6, 6.07) is 5.74. The van der Waals surface area contributed by atoms with Crippen LogP contribution in [0.3, 0.4) is 0 Å². The number of nitrogens with one attached hydrogen (secondary N) is 1. The first kappa shape index (κ1) is 51.6. The lowest BCUT2D eigenvalue weighted by molar-refractivity contribution is -0.0980. The number of aromatic nitrogens is 2. The predicted octanol–water partition coefficient (Wildman–Crippen LogP) is 7.69. The van der Waals surface area contributed by atoms with Crippen LogP contribution in [0.4, 0.5) is 4.79 Å². The maximum absolute atomic E-state index is 11.5. The van der Waals surface area contributed by atoms with Gasteiger partial charge in [0, 0.05) is 51.0 Å². The van der Waals surface area contributed by atoms with Gasteiger partial charge in [0.05, 0.1) is 19.1 Å². The van der Waals surface area contributed by atoms with E-state index in [0.717, 1.165) is 56.4 Å². The number of aryl methyl sites for hydroxylation is 3. The van der Waals surface area contributed by atoms with Crippen molar-refractivity contribution < 1.29 is 19.1 Å². The lowest BCUT2D eigenvalue weighted by Crippen LogP contribution is -2.48. The van der Waals surface area contributed by atoms with Crippen molar-refractivity contribution in [3.63, 3.8) is 0 Å². The van der Waals surface area contributed by atoms with Gasteiger partial charge in [0.25, 0.3) is 0 Å². The molecule has 11 heteroatoms. The molecule has 10 nitrogen and oxygen atoms in total. The number of terminal acetylenes is 1. The Morgan fingerprint density at radius 2 is 1.76 bits per heavy atom. The first-order valence-corrected chi connectivity index (χ1v) is 17.9. The summed E-state index contributed by atoms with van der Waals surface area (Å²) in [5.74, 6) is 1.79. The van der Waals surface area contributed by atoms with Gasteiger partial charge in [0.1, 0.15) is 18.1 Å². The third-order valence-electron chi connectivity index (χ3n) is 6.99. The molecule has 2 aromatic rings. The topological polar surface area (TPSA) is 115 Å². The molecule has 51 heavy (non-hydrogen) atoms. The van der Waals surface area contributed by atoms with Crippen LogP contribution in [0.1, 0.15) is 79.0 Å². The summed E-state index contributed by atoms with van der Waals surface area (Å²) in [6.45, 7) is 23.9. The second kappa shape index (κ2) is 32.1. The second-order valence-corrected chi connectivity index (χ2v) is 13.2. The number of ether oxygens (including phenoxy) is 2. The highest BCUT2D eigenvalue weighted by molar-refractivity contribution is 6.30. The van der Waals surface area contributed by atoms with Crippen LogP contribution in [0.5, 0.6) is 5.75 Å². The fraction of sp³-hybridized carbons (Fsp3) is 0.575. The van der Waals surface area contributed by atoms with Crippen LogP contribution in [0.25, 0.3) is 0 Å². The Bertz CT molecular complexity index is 1210. The molecule has 290 valence electrons. The van der Waals surface area contributed by atoms with Gasteiger partial charge in [-0.15, -0.1) is 12.8 Å². The quantitative estimate of drug-likeness (QED) is 0.238. The average molecular weight is 733 g/mol. The normalized spacial score (nSPS) is 15.5. The van der Waals surface area contributed by atoms with Gasteiger partial charge >= 0.3 is 6.09 Å². The Morgan fingerprint density at radius 1 is 1.16 bits per heavy atom. The summed E-state index contributed by atoms with van der Waals surface area (Å²) < 4.78 is 12.5. The molecule has 2 saturated heterocycles. The number of piperidine rings is 1. The van der Waals surface area contributed by atoms with Gasteiger partial charge in [0.15, 0.2) is 0 Å². The van der Waals surface area contributed by atoms with Gasteiger partial charge in [-0.25, -0.2) is 9.78 Å². The van der Waals surface area contributed by atoms with E-state index in [1.54, 1.807) is 18.3 Å². The summed E-state index contributed by atoms with van der Waals surface area (Å²) in [6.07, 6.45) is 21.7. The Kier molecular flexibility index (Phi) is 32.5. The molecule has 0 unspecified atom stereocenters. The van der Waals surface area contributed by atoms with Crippen molar-refractivity contribution in [3.8, 4) is 18.6 Å². The monoisotopic (exact) mass is 733 g/mol. The van der Waals surface area contributed by atoms with Crippen molar-refractivity contribution in [1.82, 2.24) is 24.7 Å². The maximum atomic E-state index is 11.5. The molecule has 0 bridgehead atoms. The number of hydrogen-bond acceptors (Lipinski definition) is 8. The molecule has 1 amide bonds. The number of hydrogen-bond donors (Lipinski definition) is 2. The van der Waals surface area contributed by atoms with Crippen molar-refractivity contribution in [2.45, 2.75) is 86.7 Å². The summed E-state index contributed by atoms with van der Waals surface area (Å²) in [5, 5.41) is 3.88. The lowest BCUT2D eigenvalue weighted by atomic mass is 10.0. The molecule has 1 aromatic heterocycles. The molecule has 0 radical (unpaired) electrons. The molecule has 2 fully saturated rings. The van der Waals surface area contributed by atoms with Gasteiger partial charge in [-0.3, -0.25) is 0 Å². The zero-order chi connectivity index (χ0) is 39.8. The minimum absolute atomic E-state index is 0.200. The molecule has 2 aliphatic rings. The summed E-state index contributed by atoms with van der Waals surface area (Å²) in [4.78, 5) is 27.6. The maximum Gasteiger partial charge on any atom is 0.410 e. The SMILES string of the molecule is C#C.C=O.CC.CC(C)(C)OC(=O)N1CCNCC1.COc1cc(Cl)ccc1CC/C(C)=C\C=C/N.C[C@@H]1CCCN(C)C1.Cc1cn(C)cn1. The number of rotatable bonds is 5. The summed E-state index contributed by atoms with van der Waals surface area (Å²) in [5.41, 5.74) is 8.42. The Labute approximate surface area is 315 Å². The van der Waals surface area contributed by atoms with Crippen LogP contribution in [0.2, 0.25) is 5.02 Å². The molecule has 4 rings (SSSR count). The number of carbonyl (C=O) groups excluding carboxylic acids is 2. The molecule has 0 saturated carbocycles. The van der Waals surface area contributed by atoms with Gasteiger partial charge in [0.2, 0.25) is 0 Å². The number of piperazine rings is 1. The predicted molar refractivity (Wildman–Crippen MR) is 216 cm³/mol. The van der Waals surface area contributed by atoms with E-state index in [1.807, 2.05) is 96.5 Å². The number of imidazole rings is 1. The summed E-state index contributed by atoms with van der Waals surface area (Å²) >= 11 is 5.91. The Morgan fingerprint density at radius 3 is 2.18 bits per heavy atom. The van der Waals surface area contributed by atoms with Gasteiger partial charge < -0.3 is 39.7 Å². The minimum atomic E-state index is -0.387. The molecule has 3 heterocycles. The number of nitrogens with two attached hydrogens (primary N) is 1. The van der Waals surface area contributed by atoms with E-state index in [0.29, 0.717) is 5.02 Å². The average Bonchev–Trinajstić information content (AvgIpc) is 3.51. The fourth-order valence-electron chi connectivity index (χ4n) is 4.70. The number of halogens is 1. The van der Waals surface area contributed by atoms with Crippen molar-refractivity contribution in [2.75, 3.05) is 53.4 Å². The van der Waals surface area contributed by atoms with E-state index in [9.17, 15) is 4.79 Å². The smallest absolute Gasteiger partial charge is 0.410 e. The number of nitrogens with zero attached hydrogens (tertiary/aromatic N) is 4. The van der Waals surface area contributed by atoms with Crippen molar-refractivity contribution in [3.05, 3.63) is 70.9 Å². The number of allylic oxidation sites excluding steroid dienone is 3.